The number of ether oxygens (including phenoxy) is 1. The van der Waals surface area contributed by atoms with Gasteiger partial charge in [0.05, 0.1) is 17.1 Å². The fourth-order valence-electron chi connectivity index (χ4n) is 4.80. The van der Waals surface area contributed by atoms with Crippen molar-refractivity contribution in [3.05, 3.63) is 42.2 Å². The molecule has 0 unspecified atom stereocenters. The topological polar surface area (TPSA) is 76.1 Å². The van der Waals surface area contributed by atoms with Crippen LogP contribution in [0.4, 0.5) is 11.4 Å². The molecule has 1 fully saturated rings. The molecule has 162 valence electrons. The number of aromatic nitrogens is 2. The van der Waals surface area contributed by atoms with E-state index in [9.17, 15) is 4.79 Å². The van der Waals surface area contributed by atoms with Crippen molar-refractivity contribution in [2.24, 2.45) is 0 Å². The molecule has 3 heterocycles. The predicted octanol–water partition coefficient (Wildman–Crippen LogP) is 3.70. The SMILES string of the molecule is CN1C(=O)COc2ccc(-c3nc4ccc(N)cn4c3CN(C)C3CCCCC3)cc21. The number of nitrogen functional groups attached to an aromatic ring is 1. The number of rotatable bonds is 4. The van der Waals surface area contributed by atoms with E-state index in [1.165, 1.54) is 32.1 Å². The second-order valence-electron chi connectivity index (χ2n) is 8.73. The summed E-state index contributed by atoms with van der Waals surface area (Å²) in [6, 6.07) is 10.4. The number of likely N-dealkylation sites (N-methyl/N-ethyl adjacent to an activating group) is 1. The van der Waals surface area contributed by atoms with Crippen LogP contribution in [0.15, 0.2) is 36.5 Å². The highest BCUT2D eigenvalue weighted by molar-refractivity contribution is 5.98. The highest BCUT2D eigenvalue weighted by Gasteiger charge is 2.25. The zero-order valence-electron chi connectivity index (χ0n) is 18.2. The number of benzene rings is 1. The Hall–Kier alpha value is -3.06. The molecule has 7 heteroatoms. The van der Waals surface area contributed by atoms with Crippen molar-refractivity contribution in [3.8, 4) is 17.0 Å². The fourth-order valence-corrected chi connectivity index (χ4v) is 4.80. The number of pyridine rings is 1. The van der Waals surface area contributed by atoms with E-state index in [1.54, 1.807) is 11.9 Å². The summed E-state index contributed by atoms with van der Waals surface area (Å²) in [6.07, 6.45) is 8.38. The average molecular weight is 420 g/mol. The van der Waals surface area contributed by atoms with Gasteiger partial charge in [-0.3, -0.25) is 9.69 Å². The number of anilines is 2. The van der Waals surface area contributed by atoms with Crippen LogP contribution in [0.2, 0.25) is 0 Å². The Morgan fingerprint density at radius 3 is 2.81 bits per heavy atom. The van der Waals surface area contributed by atoms with Gasteiger partial charge in [-0.15, -0.1) is 0 Å². The van der Waals surface area contributed by atoms with Crippen LogP contribution in [0.5, 0.6) is 5.75 Å². The lowest BCUT2D eigenvalue weighted by Crippen LogP contribution is -2.35. The summed E-state index contributed by atoms with van der Waals surface area (Å²) < 4.78 is 7.71. The minimum atomic E-state index is -0.0512. The normalized spacial score (nSPS) is 17.3. The molecule has 0 spiro atoms. The third-order valence-electron chi connectivity index (χ3n) is 6.66. The standard InChI is InChI=1S/C24H29N5O2/c1-27(18-6-4-3-5-7-18)14-20-24(26-22-11-9-17(25)13-29(20)22)16-8-10-21-19(12-16)28(2)23(30)15-31-21/h8-13,18H,3-7,14-15,25H2,1-2H3. The Bertz CT molecular complexity index is 1130. The molecule has 7 nitrogen and oxygen atoms in total. The van der Waals surface area contributed by atoms with Crippen molar-refractivity contribution in [1.82, 2.24) is 14.3 Å². The van der Waals surface area contributed by atoms with E-state index >= 15 is 0 Å². The number of amides is 1. The Morgan fingerprint density at radius 2 is 2.00 bits per heavy atom. The molecule has 1 saturated carbocycles. The molecule has 0 bridgehead atoms. The molecule has 1 aromatic carbocycles. The van der Waals surface area contributed by atoms with Crippen LogP contribution in [0.25, 0.3) is 16.9 Å². The molecule has 2 aliphatic rings. The molecule has 3 aromatic rings. The lowest BCUT2D eigenvalue weighted by Gasteiger charge is -2.31. The van der Waals surface area contributed by atoms with Crippen LogP contribution >= 0.6 is 0 Å². The first kappa shape index (κ1) is 19.9. The third-order valence-corrected chi connectivity index (χ3v) is 6.66. The van der Waals surface area contributed by atoms with Crippen molar-refractivity contribution >= 4 is 22.9 Å². The van der Waals surface area contributed by atoms with Crippen LogP contribution in [0, 0.1) is 0 Å². The zero-order valence-corrected chi connectivity index (χ0v) is 18.2. The molecule has 0 saturated heterocycles. The molecule has 1 amide bonds. The van der Waals surface area contributed by atoms with E-state index in [0.29, 0.717) is 11.7 Å². The van der Waals surface area contributed by atoms with Crippen molar-refractivity contribution in [2.75, 3.05) is 31.3 Å². The van der Waals surface area contributed by atoms with Crippen LogP contribution in [0.3, 0.4) is 0 Å². The smallest absolute Gasteiger partial charge is 0.264 e. The van der Waals surface area contributed by atoms with Crippen LogP contribution in [0.1, 0.15) is 37.8 Å². The first-order chi connectivity index (χ1) is 15.0. The van der Waals surface area contributed by atoms with Gasteiger partial charge in [-0.1, -0.05) is 19.3 Å². The van der Waals surface area contributed by atoms with Gasteiger partial charge in [-0.25, -0.2) is 4.98 Å². The maximum atomic E-state index is 12.1. The molecular formula is C24H29N5O2. The molecule has 5 rings (SSSR count). The van der Waals surface area contributed by atoms with Gasteiger partial charge < -0.3 is 19.8 Å². The number of nitrogens with zero attached hydrogens (tertiary/aromatic N) is 4. The number of nitrogens with two attached hydrogens (primary N) is 1. The highest BCUT2D eigenvalue weighted by atomic mass is 16.5. The lowest BCUT2D eigenvalue weighted by molar-refractivity contribution is -0.120. The van der Waals surface area contributed by atoms with Crippen molar-refractivity contribution in [2.45, 2.75) is 44.7 Å². The number of imidazole rings is 1. The molecular weight excluding hydrogens is 390 g/mol. The maximum absolute atomic E-state index is 12.1. The number of carbonyl (C=O) groups is 1. The second kappa shape index (κ2) is 7.89. The number of fused-ring (bicyclic) bond motifs is 2. The largest absolute Gasteiger partial charge is 0.482 e. The summed E-state index contributed by atoms with van der Waals surface area (Å²) in [6.45, 7) is 0.862. The van der Waals surface area contributed by atoms with E-state index in [1.807, 2.05) is 36.5 Å². The van der Waals surface area contributed by atoms with E-state index in [0.717, 1.165) is 40.6 Å². The summed E-state index contributed by atoms with van der Waals surface area (Å²) in [4.78, 5) is 21.2. The highest BCUT2D eigenvalue weighted by Crippen LogP contribution is 2.37. The third kappa shape index (κ3) is 3.63. The Labute approximate surface area is 182 Å². The number of carbonyl (C=O) groups excluding carboxylic acids is 1. The molecule has 1 aliphatic heterocycles. The monoisotopic (exact) mass is 419 g/mol. The molecule has 2 N–H and O–H groups in total. The lowest BCUT2D eigenvalue weighted by atomic mass is 9.94. The van der Waals surface area contributed by atoms with E-state index < -0.39 is 0 Å². The van der Waals surface area contributed by atoms with E-state index in [-0.39, 0.29) is 12.5 Å². The summed E-state index contributed by atoms with van der Waals surface area (Å²) in [5.74, 6) is 0.671. The molecule has 2 aromatic heterocycles. The second-order valence-corrected chi connectivity index (χ2v) is 8.73. The summed E-state index contributed by atoms with van der Waals surface area (Å²) >= 11 is 0. The first-order valence-electron chi connectivity index (χ1n) is 11.0. The fraction of sp³-hybridized carbons (Fsp3) is 0.417. The predicted molar refractivity (Wildman–Crippen MR) is 122 cm³/mol. The molecule has 0 radical (unpaired) electrons. The maximum Gasteiger partial charge on any atom is 0.264 e. The van der Waals surface area contributed by atoms with E-state index in [4.69, 9.17) is 15.5 Å². The Kier molecular flexibility index (Phi) is 5.06. The van der Waals surface area contributed by atoms with Gasteiger partial charge in [-0.05, 0) is 50.2 Å². The summed E-state index contributed by atoms with van der Waals surface area (Å²) in [5, 5.41) is 0. The van der Waals surface area contributed by atoms with Gasteiger partial charge in [0, 0.05) is 37.1 Å². The van der Waals surface area contributed by atoms with Crippen LogP contribution in [-0.4, -0.2) is 46.9 Å². The van der Waals surface area contributed by atoms with Gasteiger partial charge in [0.15, 0.2) is 6.61 Å². The first-order valence-corrected chi connectivity index (χ1v) is 11.0. The minimum Gasteiger partial charge on any atom is -0.482 e. The number of hydrogen-bond acceptors (Lipinski definition) is 5. The Morgan fingerprint density at radius 1 is 1.19 bits per heavy atom. The van der Waals surface area contributed by atoms with E-state index in [2.05, 4.69) is 16.3 Å². The van der Waals surface area contributed by atoms with Crippen molar-refractivity contribution in [3.63, 3.8) is 0 Å². The van der Waals surface area contributed by atoms with Crippen LogP contribution in [-0.2, 0) is 11.3 Å². The van der Waals surface area contributed by atoms with Gasteiger partial charge in [0.1, 0.15) is 11.4 Å². The summed E-state index contributed by atoms with van der Waals surface area (Å²) in [7, 11) is 3.99. The van der Waals surface area contributed by atoms with Crippen molar-refractivity contribution < 1.29 is 9.53 Å². The average Bonchev–Trinajstić information content (AvgIpc) is 3.14. The summed E-state index contributed by atoms with van der Waals surface area (Å²) in [5.41, 5.74) is 11.5. The molecule has 0 atom stereocenters. The van der Waals surface area contributed by atoms with Gasteiger partial charge in [0.25, 0.3) is 5.91 Å². The quantitative estimate of drug-likeness (QED) is 0.698. The van der Waals surface area contributed by atoms with Crippen molar-refractivity contribution in [1.29, 1.82) is 0 Å². The number of hydrogen-bond donors (Lipinski definition) is 1. The van der Waals surface area contributed by atoms with Crippen LogP contribution < -0.4 is 15.4 Å². The molecule has 1 aliphatic carbocycles. The zero-order chi connectivity index (χ0) is 21.5. The van der Waals surface area contributed by atoms with Gasteiger partial charge in [0.2, 0.25) is 0 Å². The minimum absolute atomic E-state index is 0.0512. The Balaban J connectivity index is 1.58. The van der Waals surface area contributed by atoms with Gasteiger partial charge >= 0.3 is 0 Å². The molecule has 31 heavy (non-hydrogen) atoms. The van der Waals surface area contributed by atoms with Gasteiger partial charge in [-0.2, -0.15) is 0 Å².